The zero-order valence-corrected chi connectivity index (χ0v) is 12.7. The number of nitrogens with two attached hydrogens (primary N) is 1. The lowest BCUT2D eigenvalue weighted by Gasteiger charge is -2.08. The van der Waals surface area contributed by atoms with E-state index in [4.69, 9.17) is 5.73 Å². The van der Waals surface area contributed by atoms with E-state index in [2.05, 4.69) is 10.6 Å². The topological polar surface area (TPSA) is 84.2 Å². The molecule has 1 aromatic carbocycles. The highest BCUT2D eigenvalue weighted by Gasteiger charge is 2.09. The molecule has 0 aliphatic heterocycles. The number of carbonyl (C=O) groups is 2. The number of halogens is 1. The van der Waals surface area contributed by atoms with Crippen LogP contribution >= 0.6 is 12.4 Å². The van der Waals surface area contributed by atoms with Crippen molar-refractivity contribution in [1.82, 2.24) is 10.6 Å². The Morgan fingerprint density at radius 2 is 1.90 bits per heavy atom. The quantitative estimate of drug-likeness (QED) is 0.698. The molecule has 2 amide bonds. The Balaban J connectivity index is 0.00000361. The monoisotopic (exact) mass is 299 g/mol. The second-order valence-electron chi connectivity index (χ2n) is 4.43. The summed E-state index contributed by atoms with van der Waals surface area (Å²) in [5, 5.41) is 5.48. The lowest BCUT2D eigenvalue weighted by molar-refractivity contribution is -0.120. The first-order valence-electron chi connectivity index (χ1n) is 6.45. The molecular formula is C14H22ClN3O2. The van der Waals surface area contributed by atoms with Crippen molar-refractivity contribution in [3.05, 3.63) is 29.3 Å². The predicted molar refractivity (Wildman–Crippen MR) is 83.1 cm³/mol. The van der Waals surface area contributed by atoms with Gasteiger partial charge in [-0.3, -0.25) is 9.59 Å². The lowest BCUT2D eigenvalue weighted by Crippen LogP contribution is -2.31. The number of hydrogen-bond acceptors (Lipinski definition) is 3. The van der Waals surface area contributed by atoms with E-state index in [9.17, 15) is 9.59 Å². The van der Waals surface area contributed by atoms with Gasteiger partial charge >= 0.3 is 0 Å². The third kappa shape index (κ3) is 5.93. The van der Waals surface area contributed by atoms with Crippen LogP contribution in [0.1, 0.15) is 35.7 Å². The maximum atomic E-state index is 11.9. The smallest absolute Gasteiger partial charge is 0.251 e. The molecule has 1 aromatic rings. The molecule has 112 valence electrons. The molecule has 0 heterocycles. The van der Waals surface area contributed by atoms with Crippen LogP contribution in [0.2, 0.25) is 0 Å². The zero-order valence-electron chi connectivity index (χ0n) is 11.9. The molecule has 1 rings (SSSR count). The van der Waals surface area contributed by atoms with Crippen LogP contribution in [0.25, 0.3) is 0 Å². The van der Waals surface area contributed by atoms with Crippen molar-refractivity contribution in [2.45, 2.75) is 26.7 Å². The third-order valence-corrected chi connectivity index (χ3v) is 2.72. The average molecular weight is 300 g/mol. The number of carbonyl (C=O) groups excluding carboxylic acids is 2. The molecule has 20 heavy (non-hydrogen) atoms. The Kier molecular flexibility index (Phi) is 8.40. The normalized spacial score (nSPS) is 9.50. The molecule has 0 spiro atoms. The van der Waals surface area contributed by atoms with Crippen LogP contribution < -0.4 is 16.4 Å². The van der Waals surface area contributed by atoms with E-state index < -0.39 is 0 Å². The first kappa shape index (κ1) is 18.2. The molecule has 0 saturated carbocycles. The number of aryl methyl sites for hydroxylation is 1. The van der Waals surface area contributed by atoms with Crippen molar-refractivity contribution in [3.63, 3.8) is 0 Å². The molecule has 0 aliphatic rings. The number of nitrogens with one attached hydrogen (secondary N) is 2. The predicted octanol–water partition coefficient (Wildman–Crippen LogP) is 1.65. The number of nitrogen functional groups attached to an aromatic ring is 1. The van der Waals surface area contributed by atoms with Crippen LogP contribution in [0.15, 0.2) is 18.2 Å². The SMILES string of the molecule is CCCNC(=O)CCNC(=O)c1cc(N)ccc1C.Cl. The van der Waals surface area contributed by atoms with Gasteiger partial charge in [0.2, 0.25) is 5.91 Å². The number of rotatable bonds is 6. The first-order valence-corrected chi connectivity index (χ1v) is 6.45. The second kappa shape index (κ2) is 9.20. The first-order chi connectivity index (χ1) is 9.04. The minimum absolute atomic E-state index is 0. The van der Waals surface area contributed by atoms with Gasteiger partial charge in [0.1, 0.15) is 0 Å². The molecule has 4 N–H and O–H groups in total. The van der Waals surface area contributed by atoms with Crippen LogP contribution in [-0.2, 0) is 4.79 Å². The molecule has 0 bridgehead atoms. The highest BCUT2D eigenvalue weighted by molar-refractivity contribution is 5.96. The number of amides is 2. The Labute approximate surface area is 125 Å². The maximum absolute atomic E-state index is 11.9. The van der Waals surface area contributed by atoms with Gasteiger partial charge in [0.05, 0.1) is 0 Å². The summed E-state index contributed by atoms with van der Waals surface area (Å²) < 4.78 is 0. The van der Waals surface area contributed by atoms with Crippen LogP contribution in [-0.4, -0.2) is 24.9 Å². The molecule has 0 atom stereocenters. The Morgan fingerprint density at radius 3 is 2.55 bits per heavy atom. The van der Waals surface area contributed by atoms with Gasteiger partial charge in [-0.1, -0.05) is 13.0 Å². The Bertz CT molecular complexity index is 464. The van der Waals surface area contributed by atoms with E-state index >= 15 is 0 Å². The molecule has 6 heteroatoms. The van der Waals surface area contributed by atoms with Crippen LogP contribution in [0.3, 0.4) is 0 Å². The molecule has 0 aromatic heterocycles. The highest BCUT2D eigenvalue weighted by atomic mass is 35.5. The molecule has 0 aliphatic carbocycles. The van der Waals surface area contributed by atoms with Crippen LogP contribution in [0.5, 0.6) is 0 Å². The van der Waals surface area contributed by atoms with Crippen molar-refractivity contribution in [1.29, 1.82) is 0 Å². The van der Waals surface area contributed by atoms with Crippen LogP contribution in [0.4, 0.5) is 5.69 Å². The van der Waals surface area contributed by atoms with Crippen molar-refractivity contribution >= 4 is 29.9 Å². The van der Waals surface area contributed by atoms with Gasteiger partial charge in [-0.15, -0.1) is 12.4 Å². The summed E-state index contributed by atoms with van der Waals surface area (Å²) in [4.78, 5) is 23.3. The van der Waals surface area contributed by atoms with Gasteiger partial charge in [0.15, 0.2) is 0 Å². The minimum Gasteiger partial charge on any atom is -0.399 e. The molecular weight excluding hydrogens is 278 g/mol. The second-order valence-corrected chi connectivity index (χ2v) is 4.43. The zero-order chi connectivity index (χ0) is 14.3. The van der Waals surface area contributed by atoms with Gasteiger partial charge < -0.3 is 16.4 Å². The number of benzene rings is 1. The van der Waals surface area contributed by atoms with Gasteiger partial charge in [-0.05, 0) is 31.0 Å². The van der Waals surface area contributed by atoms with Crippen molar-refractivity contribution < 1.29 is 9.59 Å². The average Bonchev–Trinajstić information content (AvgIpc) is 2.39. The largest absolute Gasteiger partial charge is 0.399 e. The van der Waals surface area contributed by atoms with E-state index in [-0.39, 0.29) is 30.6 Å². The van der Waals surface area contributed by atoms with E-state index in [1.54, 1.807) is 18.2 Å². The molecule has 5 nitrogen and oxygen atoms in total. The van der Waals surface area contributed by atoms with Gasteiger partial charge in [0.25, 0.3) is 5.91 Å². The Hall–Kier alpha value is -1.75. The summed E-state index contributed by atoms with van der Waals surface area (Å²) >= 11 is 0. The summed E-state index contributed by atoms with van der Waals surface area (Å²) in [7, 11) is 0. The molecule has 0 unspecified atom stereocenters. The van der Waals surface area contributed by atoms with E-state index in [0.29, 0.717) is 24.3 Å². The number of anilines is 1. The van der Waals surface area contributed by atoms with E-state index in [1.165, 1.54) is 0 Å². The fourth-order valence-electron chi connectivity index (χ4n) is 1.62. The summed E-state index contributed by atoms with van der Waals surface area (Å²) in [6.07, 6.45) is 1.19. The highest BCUT2D eigenvalue weighted by Crippen LogP contribution is 2.12. The summed E-state index contributed by atoms with van der Waals surface area (Å²) in [6.45, 7) is 4.83. The van der Waals surface area contributed by atoms with Crippen LogP contribution in [0, 0.1) is 6.92 Å². The summed E-state index contributed by atoms with van der Waals surface area (Å²) in [5.41, 5.74) is 7.62. The van der Waals surface area contributed by atoms with E-state index in [1.807, 2.05) is 13.8 Å². The Morgan fingerprint density at radius 1 is 1.20 bits per heavy atom. The van der Waals surface area contributed by atoms with Crippen molar-refractivity contribution in [3.8, 4) is 0 Å². The standard InChI is InChI=1S/C14H21N3O2.ClH/c1-3-7-16-13(18)6-8-17-14(19)12-9-11(15)5-4-10(12)2;/h4-5,9H,3,6-8,15H2,1-2H3,(H,16,18)(H,17,19);1H. The molecule has 0 fully saturated rings. The minimum atomic E-state index is -0.201. The third-order valence-electron chi connectivity index (χ3n) is 2.72. The molecule has 0 saturated heterocycles. The van der Waals surface area contributed by atoms with Crippen molar-refractivity contribution in [2.24, 2.45) is 0 Å². The van der Waals surface area contributed by atoms with E-state index in [0.717, 1.165) is 12.0 Å². The fraction of sp³-hybridized carbons (Fsp3) is 0.429. The van der Waals surface area contributed by atoms with Gasteiger partial charge in [-0.25, -0.2) is 0 Å². The molecule has 0 radical (unpaired) electrons. The summed E-state index contributed by atoms with van der Waals surface area (Å²) in [5.74, 6) is -0.250. The van der Waals surface area contributed by atoms with Gasteiger partial charge in [0, 0.05) is 30.8 Å². The maximum Gasteiger partial charge on any atom is 0.251 e. The lowest BCUT2D eigenvalue weighted by atomic mass is 10.1. The van der Waals surface area contributed by atoms with Gasteiger partial charge in [-0.2, -0.15) is 0 Å². The summed E-state index contributed by atoms with van der Waals surface area (Å²) in [6, 6.07) is 5.20. The number of hydrogen-bond donors (Lipinski definition) is 3. The van der Waals surface area contributed by atoms with Crippen molar-refractivity contribution in [2.75, 3.05) is 18.8 Å². The fourth-order valence-corrected chi connectivity index (χ4v) is 1.62.